The van der Waals surface area contributed by atoms with E-state index in [4.69, 9.17) is 0 Å². The van der Waals surface area contributed by atoms with Gasteiger partial charge in [0.15, 0.2) is 0 Å². The molecule has 5 nitrogen and oxygen atoms in total. The molecular formula is C6H13N3O2. The van der Waals surface area contributed by atoms with Gasteiger partial charge in [0.2, 0.25) is 11.8 Å². The predicted octanol–water partition coefficient (Wildman–Crippen LogP) is -0.542. The van der Waals surface area contributed by atoms with Gasteiger partial charge in [0.05, 0.1) is 0 Å². The highest BCUT2D eigenvalue weighted by Gasteiger charge is 1.96. The monoisotopic (exact) mass is 159 g/mol. The van der Waals surface area contributed by atoms with E-state index in [1.807, 2.05) is 0 Å². The molecule has 0 aromatic heterocycles. The van der Waals surface area contributed by atoms with Gasteiger partial charge in [0.1, 0.15) is 0 Å². The Morgan fingerprint density at radius 3 is 1.64 bits per heavy atom. The van der Waals surface area contributed by atoms with Gasteiger partial charge in [-0.1, -0.05) is 13.8 Å². The van der Waals surface area contributed by atoms with E-state index in [9.17, 15) is 9.59 Å². The lowest BCUT2D eigenvalue weighted by Crippen LogP contribution is -2.48. The number of hydrogen-bond acceptors (Lipinski definition) is 3. The summed E-state index contributed by atoms with van der Waals surface area (Å²) in [6, 6.07) is 0. The van der Waals surface area contributed by atoms with Crippen LogP contribution < -0.4 is 16.4 Å². The van der Waals surface area contributed by atoms with E-state index in [1.165, 1.54) is 0 Å². The fourth-order valence-corrected chi connectivity index (χ4v) is 0.347. The molecule has 0 spiro atoms. The van der Waals surface area contributed by atoms with Crippen molar-refractivity contribution >= 4 is 11.8 Å². The van der Waals surface area contributed by atoms with E-state index >= 15 is 0 Å². The van der Waals surface area contributed by atoms with Crippen LogP contribution in [0.5, 0.6) is 0 Å². The molecule has 0 saturated heterocycles. The van der Waals surface area contributed by atoms with Crippen LogP contribution in [0, 0.1) is 0 Å². The van der Waals surface area contributed by atoms with Crippen LogP contribution in [0.4, 0.5) is 0 Å². The molecule has 5 heteroatoms. The van der Waals surface area contributed by atoms with Crippen LogP contribution >= 0.6 is 0 Å². The minimum atomic E-state index is -0.165. The smallest absolute Gasteiger partial charge is 0.235 e. The zero-order valence-corrected chi connectivity index (χ0v) is 6.73. The van der Waals surface area contributed by atoms with Crippen LogP contribution in [0.1, 0.15) is 26.7 Å². The summed E-state index contributed by atoms with van der Waals surface area (Å²) in [6.07, 6.45) is 0.768. The van der Waals surface area contributed by atoms with Crippen LogP contribution in [-0.4, -0.2) is 11.8 Å². The van der Waals surface area contributed by atoms with Gasteiger partial charge in [-0.25, -0.2) is 0 Å². The first kappa shape index (κ1) is 9.90. The molecule has 11 heavy (non-hydrogen) atoms. The molecule has 0 rings (SSSR count). The van der Waals surface area contributed by atoms with Crippen LogP contribution in [-0.2, 0) is 9.59 Å². The van der Waals surface area contributed by atoms with E-state index in [0.29, 0.717) is 12.8 Å². The van der Waals surface area contributed by atoms with E-state index in [-0.39, 0.29) is 11.8 Å². The van der Waals surface area contributed by atoms with Crippen molar-refractivity contribution in [3.63, 3.8) is 0 Å². The second kappa shape index (κ2) is 5.67. The van der Waals surface area contributed by atoms with Crippen LogP contribution in [0.25, 0.3) is 0 Å². The molecule has 0 atom stereocenters. The summed E-state index contributed by atoms with van der Waals surface area (Å²) in [4.78, 5) is 21.1. The average molecular weight is 159 g/mol. The first-order valence-electron chi connectivity index (χ1n) is 3.53. The molecule has 0 aromatic carbocycles. The third-order valence-corrected chi connectivity index (χ3v) is 1.05. The average Bonchev–Trinajstić information content (AvgIpc) is 2.04. The number of carbonyl (C=O) groups is 2. The summed E-state index contributed by atoms with van der Waals surface area (Å²) in [5.41, 5.74) is 6.84. The summed E-state index contributed by atoms with van der Waals surface area (Å²) in [7, 11) is 0. The highest BCUT2D eigenvalue weighted by Crippen LogP contribution is 1.71. The van der Waals surface area contributed by atoms with Crippen molar-refractivity contribution in [1.82, 2.24) is 16.4 Å². The standard InChI is InChI=1S/C6H13N3O2/c1-3-5(10)7-9-8-6(11)4-2/h9H,3-4H2,1-2H3,(H,7,10)(H,8,11). The van der Waals surface area contributed by atoms with Crippen molar-refractivity contribution in [3.8, 4) is 0 Å². The molecule has 2 amide bonds. The highest BCUT2D eigenvalue weighted by molar-refractivity contribution is 5.77. The molecule has 0 saturated carbocycles. The lowest BCUT2D eigenvalue weighted by atomic mass is 10.5. The van der Waals surface area contributed by atoms with Gasteiger partial charge in [-0.05, 0) is 0 Å². The number of nitrogens with one attached hydrogen (secondary N) is 3. The van der Waals surface area contributed by atoms with Crippen molar-refractivity contribution in [2.75, 3.05) is 0 Å². The summed E-state index contributed by atoms with van der Waals surface area (Å²) in [6.45, 7) is 3.44. The molecule has 3 N–H and O–H groups in total. The summed E-state index contributed by atoms with van der Waals surface area (Å²) >= 11 is 0. The van der Waals surface area contributed by atoms with Crippen LogP contribution in [0.3, 0.4) is 0 Å². The number of hydrogen-bond donors (Lipinski definition) is 3. The molecule has 0 aromatic rings. The molecule has 0 unspecified atom stereocenters. The third-order valence-electron chi connectivity index (χ3n) is 1.05. The van der Waals surface area contributed by atoms with E-state index < -0.39 is 0 Å². The molecule has 0 aliphatic rings. The molecular weight excluding hydrogens is 146 g/mol. The second-order valence-corrected chi connectivity index (χ2v) is 1.93. The van der Waals surface area contributed by atoms with Gasteiger partial charge in [0, 0.05) is 12.8 Å². The molecule has 0 fully saturated rings. The van der Waals surface area contributed by atoms with Crippen molar-refractivity contribution in [2.24, 2.45) is 0 Å². The van der Waals surface area contributed by atoms with Gasteiger partial charge < -0.3 is 0 Å². The first-order chi connectivity index (χ1) is 5.20. The second-order valence-electron chi connectivity index (χ2n) is 1.93. The zero-order chi connectivity index (χ0) is 8.69. The summed E-state index contributed by atoms with van der Waals surface area (Å²) < 4.78 is 0. The largest absolute Gasteiger partial charge is 0.274 e. The summed E-state index contributed by atoms with van der Waals surface area (Å²) in [5.74, 6) is -0.331. The maximum atomic E-state index is 10.6. The number of hydrazine groups is 2. The lowest BCUT2D eigenvalue weighted by molar-refractivity contribution is -0.124. The minimum absolute atomic E-state index is 0.165. The SMILES string of the molecule is CCC(=O)NNNC(=O)CC. The first-order valence-corrected chi connectivity index (χ1v) is 3.53. The fraction of sp³-hybridized carbons (Fsp3) is 0.667. The lowest BCUT2D eigenvalue weighted by Gasteiger charge is -2.05. The van der Waals surface area contributed by atoms with Gasteiger partial charge in [-0.2, -0.15) is 0 Å². The van der Waals surface area contributed by atoms with Gasteiger partial charge in [-0.3, -0.25) is 20.4 Å². The molecule has 0 aliphatic carbocycles. The Morgan fingerprint density at radius 2 is 1.36 bits per heavy atom. The zero-order valence-electron chi connectivity index (χ0n) is 6.73. The maximum absolute atomic E-state index is 10.6. The Hall–Kier alpha value is -1.10. The van der Waals surface area contributed by atoms with E-state index in [2.05, 4.69) is 16.4 Å². The number of carbonyl (C=O) groups excluding carboxylic acids is 2. The third kappa shape index (κ3) is 5.35. The Balaban J connectivity index is 3.27. The minimum Gasteiger partial charge on any atom is -0.274 e. The number of rotatable bonds is 4. The molecule has 0 bridgehead atoms. The van der Waals surface area contributed by atoms with Crippen LogP contribution in [0.15, 0.2) is 0 Å². The van der Waals surface area contributed by atoms with Crippen molar-refractivity contribution in [3.05, 3.63) is 0 Å². The van der Waals surface area contributed by atoms with E-state index in [1.54, 1.807) is 13.8 Å². The highest BCUT2D eigenvalue weighted by atomic mass is 16.2. The Bertz CT molecular complexity index is 131. The maximum Gasteiger partial charge on any atom is 0.235 e. The Kier molecular flexibility index (Phi) is 5.10. The predicted molar refractivity (Wildman–Crippen MR) is 40.0 cm³/mol. The topological polar surface area (TPSA) is 70.2 Å². The molecule has 0 heterocycles. The van der Waals surface area contributed by atoms with Crippen molar-refractivity contribution in [1.29, 1.82) is 0 Å². The van der Waals surface area contributed by atoms with Gasteiger partial charge in [-0.15, -0.1) is 5.53 Å². The van der Waals surface area contributed by atoms with Crippen LogP contribution in [0.2, 0.25) is 0 Å². The molecule has 0 aliphatic heterocycles. The molecule has 64 valence electrons. The Morgan fingerprint density at radius 1 is 1.00 bits per heavy atom. The summed E-state index contributed by atoms with van der Waals surface area (Å²) in [5, 5.41) is 0. The van der Waals surface area contributed by atoms with Gasteiger partial charge >= 0.3 is 0 Å². The van der Waals surface area contributed by atoms with Gasteiger partial charge in [0.25, 0.3) is 0 Å². The molecule has 0 radical (unpaired) electrons. The number of amides is 2. The van der Waals surface area contributed by atoms with Crippen molar-refractivity contribution < 1.29 is 9.59 Å². The van der Waals surface area contributed by atoms with E-state index in [0.717, 1.165) is 0 Å². The normalized spacial score (nSPS) is 8.91. The quantitative estimate of drug-likeness (QED) is 0.482. The van der Waals surface area contributed by atoms with Crippen molar-refractivity contribution in [2.45, 2.75) is 26.7 Å². The Labute approximate surface area is 65.5 Å². The fourth-order valence-electron chi connectivity index (χ4n) is 0.347.